The van der Waals surface area contributed by atoms with Crippen LogP contribution in [0.15, 0.2) is 0 Å². The first kappa shape index (κ1) is 13.7. The Morgan fingerprint density at radius 2 is 2.05 bits per heavy atom. The molecular weight excluding hydrogens is 268 g/mol. The van der Waals surface area contributed by atoms with Crippen LogP contribution in [0.3, 0.4) is 0 Å². The van der Waals surface area contributed by atoms with Crippen molar-refractivity contribution in [2.45, 2.75) is 25.3 Å². The number of amides is 3. The van der Waals surface area contributed by atoms with Crippen LogP contribution >= 0.6 is 12.2 Å². The van der Waals surface area contributed by atoms with E-state index >= 15 is 0 Å². The minimum absolute atomic E-state index is 0.00413. The van der Waals surface area contributed by atoms with E-state index in [1.165, 1.54) is 24.0 Å². The summed E-state index contributed by atoms with van der Waals surface area (Å²) in [7, 11) is 3.03. The molecule has 1 atom stereocenters. The average molecular weight is 284 g/mol. The van der Waals surface area contributed by atoms with E-state index in [-0.39, 0.29) is 35.2 Å². The van der Waals surface area contributed by atoms with Crippen molar-refractivity contribution < 1.29 is 14.4 Å². The number of nitrogens with one attached hydrogen (secondary N) is 2. The van der Waals surface area contributed by atoms with Gasteiger partial charge in [0.05, 0.1) is 6.42 Å². The average Bonchev–Trinajstić information content (AvgIpc) is 3.21. The number of hydrogen-bond donors (Lipinski definition) is 2. The topological polar surface area (TPSA) is 81.8 Å². The Balaban J connectivity index is 2.10. The van der Waals surface area contributed by atoms with Gasteiger partial charge < -0.3 is 5.32 Å². The van der Waals surface area contributed by atoms with E-state index in [0.29, 0.717) is 0 Å². The second kappa shape index (κ2) is 5.12. The zero-order chi connectivity index (χ0) is 14.2. The van der Waals surface area contributed by atoms with Crippen molar-refractivity contribution in [1.82, 2.24) is 20.7 Å². The summed E-state index contributed by atoms with van der Waals surface area (Å²) in [5.74, 6) is -0.705. The molecule has 0 spiro atoms. The number of nitrogens with zero attached hydrogens (tertiary/aromatic N) is 2. The standard InChI is InChI=1S/C11H16N4O3S/c1-12-8(16)5-7-10(18)14(2)11(19)15(7)13-9(17)6-3-4-6/h6-7H,3-5H2,1-2H3,(H,12,16)(H,13,17). The van der Waals surface area contributed by atoms with E-state index in [2.05, 4.69) is 10.7 Å². The Morgan fingerprint density at radius 1 is 1.42 bits per heavy atom. The van der Waals surface area contributed by atoms with Gasteiger partial charge in [-0.15, -0.1) is 0 Å². The van der Waals surface area contributed by atoms with Crippen molar-refractivity contribution >= 4 is 35.1 Å². The molecule has 1 saturated carbocycles. The van der Waals surface area contributed by atoms with E-state index in [0.717, 1.165) is 12.8 Å². The highest BCUT2D eigenvalue weighted by atomic mass is 32.1. The number of rotatable bonds is 4. The van der Waals surface area contributed by atoms with Crippen molar-refractivity contribution in [2.75, 3.05) is 14.1 Å². The third-order valence-corrected chi connectivity index (χ3v) is 3.73. The molecular formula is C11H16N4O3S. The molecule has 2 aliphatic rings. The molecule has 3 amide bonds. The van der Waals surface area contributed by atoms with Gasteiger partial charge in [-0.1, -0.05) is 0 Å². The van der Waals surface area contributed by atoms with Crippen molar-refractivity contribution in [3.05, 3.63) is 0 Å². The third-order valence-electron chi connectivity index (χ3n) is 3.26. The minimum atomic E-state index is -0.764. The molecule has 0 aromatic rings. The van der Waals surface area contributed by atoms with Gasteiger partial charge in [-0.05, 0) is 25.1 Å². The second-order valence-electron chi connectivity index (χ2n) is 4.69. The number of likely N-dealkylation sites (N-methyl/N-ethyl adjacent to an activating group) is 1. The quantitative estimate of drug-likeness (QED) is 0.647. The fourth-order valence-corrected chi connectivity index (χ4v) is 2.12. The highest BCUT2D eigenvalue weighted by molar-refractivity contribution is 7.80. The largest absolute Gasteiger partial charge is 0.359 e. The molecule has 7 nitrogen and oxygen atoms in total. The normalized spacial score (nSPS) is 22.7. The summed E-state index contributed by atoms with van der Waals surface area (Å²) < 4.78 is 0. The number of carbonyl (C=O) groups is 3. The van der Waals surface area contributed by atoms with E-state index < -0.39 is 6.04 Å². The van der Waals surface area contributed by atoms with Crippen molar-refractivity contribution in [1.29, 1.82) is 0 Å². The first-order chi connectivity index (χ1) is 8.95. The van der Waals surface area contributed by atoms with Gasteiger partial charge >= 0.3 is 0 Å². The predicted octanol–water partition coefficient (Wildman–Crippen LogP) is -1.01. The van der Waals surface area contributed by atoms with Crippen LogP contribution < -0.4 is 10.7 Å². The lowest BCUT2D eigenvalue weighted by molar-refractivity contribution is -0.133. The van der Waals surface area contributed by atoms with Gasteiger partial charge in [-0.2, -0.15) is 0 Å². The fraction of sp³-hybridized carbons (Fsp3) is 0.636. The molecule has 2 fully saturated rings. The maximum Gasteiger partial charge on any atom is 0.253 e. The maximum atomic E-state index is 12.0. The molecule has 1 heterocycles. The molecule has 1 saturated heterocycles. The van der Waals surface area contributed by atoms with Crippen LogP contribution in [0.4, 0.5) is 0 Å². The van der Waals surface area contributed by atoms with Gasteiger partial charge in [-0.25, -0.2) is 5.01 Å². The summed E-state index contributed by atoms with van der Waals surface area (Å²) in [6.07, 6.45) is 1.68. The van der Waals surface area contributed by atoms with Crippen molar-refractivity contribution in [3.8, 4) is 0 Å². The monoisotopic (exact) mass is 284 g/mol. The molecule has 1 unspecified atom stereocenters. The zero-order valence-electron chi connectivity index (χ0n) is 10.8. The Hall–Kier alpha value is -1.70. The molecule has 8 heteroatoms. The number of hydrazine groups is 1. The summed E-state index contributed by atoms with van der Waals surface area (Å²) in [6.45, 7) is 0. The van der Waals surface area contributed by atoms with E-state index in [1.54, 1.807) is 0 Å². The lowest BCUT2D eigenvalue weighted by atomic mass is 10.2. The van der Waals surface area contributed by atoms with Crippen LogP contribution in [-0.2, 0) is 14.4 Å². The minimum Gasteiger partial charge on any atom is -0.359 e. The Kier molecular flexibility index (Phi) is 3.70. The summed E-state index contributed by atoms with van der Waals surface area (Å²) >= 11 is 5.12. The lowest BCUT2D eigenvalue weighted by Crippen LogP contribution is -2.50. The number of thiocarbonyl (C=S) groups is 1. The van der Waals surface area contributed by atoms with Crippen molar-refractivity contribution in [3.63, 3.8) is 0 Å². The van der Waals surface area contributed by atoms with Gasteiger partial charge in [-0.3, -0.25) is 24.7 Å². The van der Waals surface area contributed by atoms with Gasteiger partial charge in [0, 0.05) is 20.0 Å². The van der Waals surface area contributed by atoms with E-state index in [1.807, 2.05) is 0 Å². The first-order valence-electron chi connectivity index (χ1n) is 6.07. The number of hydrogen-bond acceptors (Lipinski definition) is 4. The van der Waals surface area contributed by atoms with Crippen molar-refractivity contribution in [2.24, 2.45) is 5.92 Å². The second-order valence-corrected chi connectivity index (χ2v) is 5.06. The summed E-state index contributed by atoms with van der Waals surface area (Å²) in [4.78, 5) is 36.5. The smallest absolute Gasteiger partial charge is 0.253 e. The molecule has 1 aliphatic carbocycles. The predicted molar refractivity (Wildman–Crippen MR) is 70.5 cm³/mol. The van der Waals surface area contributed by atoms with Crippen LogP contribution in [0.1, 0.15) is 19.3 Å². The van der Waals surface area contributed by atoms with Crippen LogP contribution in [0.5, 0.6) is 0 Å². The van der Waals surface area contributed by atoms with E-state index in [9.17, 15) is 14.4 Å². The SMILES string of the molecule is CNC(=O)CC1C(=O)N(C)C(=S)N1NC(=O)C1CC1. The highest BCUT2D eigenvalue weighted by Crippen LogP contribution is 2.29. The molecule has 0 aromatic heterocycles. The highest BCUT2D eigenvalue weighted by Gasteiger charge is 2.43. The molecule has 104 valence electrons. The first-order valence-corrected chi connectivity index (χ1v) is 6.48. The lowest BCUT2D eigenvalue weighted by Gasteiger charge is -2.23. The number of carbonyl (C=O) groups excluding carboxylic acids is 3. The van der Waals surface area contributed by atoms with Crippen LogP contribution in [0.25, 0.3) is 0 Å². The summed E-state index contributed by atoms with van der Waals surface area (Å²) in [5.41, 5.74) is 2.64. The van der Waals surface area contributed by atoms with Gasteiger partial charge in [0.1, 0.15) is 6.04 Å². The maximum absolute atomic E-state index is 12.0. The molecule has 0 bridgehead atoms. The Morgan fingerprint density at radius 3 is 2.58 bits per heavy atom. The molecule has 0 radical (unpaired) electrons. The fourth-order valence-electron chi connectivity index (χ4n) is 1.86. The summed E-state index contributed by atoms with van der Waals surface area (Å²) in [6, 6.07) is -0.764. The summed E-state index contributed by atoms with van der Waals surface area (Å²) in [5, 5.41) is 4.00. The van der Waals surface area contributed by atoms with Gasteiger partial charge in [0.15, 0.2) is 5.11 Å². The molecule has 2 N–H and O–H groups in total. The third kappa shape index (κ3) is 2.67. The van der Waals surface area contributed by atoms with Gasteiger partial charge in [0.2, 0.25) is 11.8 Å². The van der Waals surface area contributed by atoms with E-state index in [4.69, 9.17) is 12.2 Å². The Labute approximate surface area is 116 Å². The van der Waals surface area contributed by atoms with Crippen LogP contribution in [0, 0.1) is 5.92 Å². The molecule has 0 aromatic carbocycles. The zero-order valence-corrected chi connectivity index (χ0v) is 11.6. The Bertz CT molecular complexity index is 449. The molecule has 19 heavy (non-hydrogen) atoms. The van der Waals surface area contributed by atoms with Gasteiger partial charge in [0.25, 0.3) is 5.91 Å². The molecule has 2 rings (SSSR count). The van der Waals surface area contributed by atoms with Crippen LogP contribution in [-0.4, -0.2) is 52.9 Å². The molecule has 1 aliphatic heterocycles. The van der Waals surface area contributed by atoms with Crippen LogP contribution in [0.2, 0.25) is 0 Å².